The first-order chi connectivity index (χ1) is 6.76. The van der Waals surface area contributed by atoms with E-state index in [0.29, 0.717) is 11.3 Å². The molecule has 15 heavy (non-hydrogen) atoms. The van der Waals surface area contributed by atoms with Crippen LogP contribution in [-0.2, 0) is 15.9 Å². The van der Waals surface area contributed by atoms with Crippen LogP contribution < -0.4 is 0 Å². The first-order valence-corrected chi connectivity index (χ1v) is 4.70. The molecule has 1 aliphatic heterocycles. The first-order valence-electron chi connectivity index (χ1n) is 4.70. The summed E-state index contributed by atoms with van der Waals surface area (Å²) in [5.74, 6) is -0.584. The van der Waals surface area contributed by atoms with Gasteiger partial charge in [0.25, 0.3) is 0 Å². The molecule has 0 aromatic carbocycles. The highest BCUT2D eigenvalue weighted by Crippen LogP contribution is 2.47. The average Bonchev–Trinajstić information content (AvgIpc) is 2.50. The molecule has 2 rings (SSSR count). The van der Waals surface area contributed by atoms with E-state index in [1.165, 1.54) is 0 Å². The summed E-state index contributed by atoms with van der Waals surface area (Å²) in [7, 11) is 0. The smallest absolute Gasteiger partial charge is 0.358 e. The van der Waals surface area contributed by atoms with Gasteiger partial charge in [-0.15, -0.1) is 0 Å². The topological polar surface area (TPSA) is 72.6 Å². The van der Waals surface area contributed by atoms with Crippen molar-refractivity contribution in [3.63, 3.8) is 0 Å². The van der Waals surface area contributed by atoms with Gasteiger partial charge in [0.1, 0.15) is 5.60 Å². The molecule has 0 unspecified atom stereocenters. The van der Waals surface area contributed by atoms with Crippen molar-refractivity contribution in [1.29, 1.82) is 0 Å². The van der Waals surface area contributed by atoms with E-state index in [0.717, 1.165) is 0 Å². The Kier molecular flexibility index (Phi) is 1.77. The van der Waals surface area contributed by atoms with E-state index >= 15 is 0 Å². The maximum absolute atomic E-state index is 10.9. The number of ether oxygens (including phenoxy) is 1. The van der Waals surface area contributed by atoms with E-state index in [1.54, 1.807) is 0 Å². The Balaban J connectivity index is 2.68. The minimum Gasteiger partial charge on any atom is -0.476 e. The number of carboxylic acids is 1. The standard InChI is InChI=1S/C10H13NO4/c1-9(2)5-6(8(12)13)11-14-7(5)10(3,4)15-9/h1-4H3,(H,12,13). The van der Waals surface area contributed by atoms with Gasteiger partial charge in [-0.3, -0.25) is 0 Å². The lowest BCUT2D eigenvalue weighted by molar-refractivity contribution is -0.114. The van der Waals surface area contributed by atoms with Crippen molar-refractivity contribution in [1.82, 2.24) is 5.16 Å². The third-order valence-corrected chi connectivity index (χ3v) is 2.55. The van der Waals surface area contributed by atoms with Gasteiger partial charge in [0, 0.05) is 0 Å². The third-order valence-electron chi connectivity index (χ3n) is 2.55. The van der Waals surface area contributed by atoms with Crippen LogP contribution in [-0.4, -0.2) is 16.2 Å². The maximum atomic E-state index is 10.9. The van der Waals surface area contributed by atoms with E-state index in [2.05, 4.69) is 5.16 Å². The lowest BCUT2D eigenvalue weighted by atomic mass is 9.95. The summed E-state index contributed by atoms with van der Waals surface area (Å²) in [5.41, 5.74) is -0.813. The van der Waals surface area contributed by atoms with Crippen LogP contribution in [0.4, 0.5) is 0 Å². The van der Waals surface area contributed by atoms with Gasteiger partial charge in [-0.1, -0.05) is 5.16 Å². The fraction of sp³-hybridized carbons (Fsp3) is 0.600. The fourth-order valence-corrected chi connectivity index (χ4v) is 2.14. The summed E-state index contributed by atoms with van der Waals surface area (Å²) < 4.78 is 10.8. The molecule has 0 saturated heterocycles. The van der Waals surface area contributed by atoms with Crippen LogP contribution >= 0.6 is 0 Å². The quantitative estimate of drug-likeness (QED) is 0.767. The zero-order chi connectivity index (χ0) is 11.4. The SMILES string of the molecule is CC1(C)OC(C)(C)c2c(C(=O)O)noc21. The lowest BCUT2D eigenvalue weighted by Crippen LogP contribution is -2.24. The van der Waals surface area contributed by atoms with Gasteiger partial charge >= 0.3 is 5.97 Å². The third kappa shape index (κ3) is 1.26. The van der Waals surface area contributed by atoms with Gasteiger partial charge in [-0.25, -0.2) is 4.79 Å². The van der Waals surface area contributed by atoms with Crippen LogP contribution in [0.25, 0.3) is 0 Å². The molecule has 0 aliphatic carbocycles. The van der Waals surface area contributed by atoms with Crippen LogP contribution in [0.1, 0.15) is 49.5 Å². The molecule has 1 aliphatic rings. The summed E-state index contributed by atoms with van der Waals surface area (Å²) in [6.45, 7) is 7.28. The van der Waals surface area contributed by atoms with Crippen molar-refractivity contribution in [2.24, 2.45) is 0 Å². The van der Waals surface area contributed by atoms with Gasteiger partial charge < -0.3 is 14.4 Å². The Morgan fingerprint density at radius 2 is 1.87 bits per heavy atom. The molecule has 2 heterocycles. The molecule has 5 heteroatoms. The molecule has 0 saturated carbocycles. The van der Waals surface area contributed by atoms with E-state index in [-0.39, 0.29) is 5.69 Å². The number of nitrogens with zero attached hydrogens (tertiary/aromatic N) is 1. The number of aromatic nitrogens is 1. The molecule has 0 radical (unpaired) electrons. The van der Waals surface area contributed by atoms with Crippen molar-refractivity contribution in [3.8, 4) is 0 Å². The number of rotatable bonds is 1. The van der Waals surface area contributed by atoms with Gasteiger partial charge in [0.2, 0.25) is 0 Å². The largest absolute Gasteiger partial charge is 0.476 e. The number of carbonyl (C=O) groups is 1. The molecule has 82 valence electrons. The number of aromatic carboxylic acids is 1. The second-order valence-electron chi connectivity index (χ2n) is 4.66. The molecule has 0 fully saturated rings. The fourth-order valence-electron chi connectivity index (χ4n) is 2.14. The lowest BCUT2D eigenvalue weighted by Gasteiger charge is -2.24. The number of hydrogen-bond acceptors (Lipinski definition) is 4. The second-order valence-corrected chi connectivity index (χ2v) is 4.66. The Hall–Kier alpha value is -1.36. The van der Waals surface area contributed by atoms with Crippen molar-refractivity contribution < 1.29 is 19.2 Å². The summed E-state index contributed by atoms with van der Waals surface area (Å²) in [6.07, 6.45) is 0. The van der Waals surface area contributed by atoms with Crippen molar-refractivity contribution >= 4 is 5.97 Å². The Morgan fingerprint density at radius 1 is 1.27 bits per heavy atom. The zero-order valence-corrected chi connectivity index (χ0v) is 9.12. The van der Waals surface area contributed by atoms with E-state index in [1.807, 2.05) is 27.7 Å². The van der Waals surface area contributed by atoms with Gasteiger partial charge in [0.05, 0.1) is 11.2 Å². The molecular weight excluding hydrogens is 198 g/mol. The molecule has 5 nitrogen and oxygen atoms in total. The molecule has 1 aromatic rings. The van der Waals surface area contributed by atoms with Gasteiger partial charge in [-0.2, -0.15) is 0 Å². The molecule has 0 spiro atoms. The summed E-state index contributed by atoms with van der Waals surface area (Å²) in [6, 6.07) is 0. The predicted octanol–water partition coefficient (Wildman–Crippen LogP) is 1.87. The van der Waals surface area contributed by atoms with Crippen LogP contribution in [0.15, 0.2) is 4.52 Å². The summed E-state index contributed by atoms with van der Waals surface area (Å²) >= 11 is 0. The summed E-state index contributed by atoms with van der Waals surface area (Å²) in [5, 5.41) is 12.5. The van der Waals surface area contributed by atoms with Crippen molar-refractivity contribution in [2.45, 2.75) is 38.9 Å². The van der Waals surface area contributed by atoms with Crippen LogP contribution in [0.3, 0.4) is 0 Å². The highest BCUT2D eigenvalue weighted by molar-refractivity contribution is 5.87. The van der Waals surface area contributed by atoms with Crippen LogP contribution in [0.2, 0.25) is 0 Å². The van der Waals surface area contributed by atoms with E-state index in [4.69, 9.17) is 14.4 Å². The Bertz CT molecular complexity index is 431. The maximum Gasteiger partial charge on any atom is 0.358 e. The molecule has 0 amide bonds. The molecule has 0 atom stereocenters. The minimum absolute atomic E-state index is 0.0550. The van der Waals surface area contributed by atoms with Crippen LogP contribution in [0, 0.1) is 0 Å². The zero-order valence-electron chi connectivity index (χ0n) is 9.12. The Morgan fingerprint density at radius 3 is 2.40 bits per heavy atom. The minimum atomic E-state index is -1.09. The highest BCUT2D eigenvalue weighted by Gasteiger charge is 2.50. The van der Waals surface area contributed by atoms with Crippen molar-refractivity contribution in [3.05, 3.63) is 17.0 Å². The van der Waals surface area contributed by atoms with Gasteiger partial charge in [-0.05, 0) is 27.7 Å². The Labute approximate surface area is 87.0 Å². The van der Waals surface area contributed by atoms with Crippen LogP contribution in [0.5, 0.6) is 0 Å². The van der Waals surface area contributed by atoms with Gasteiger partial charge in [0.15, 0.2) is 11.5 Å². The monoisotopic (exact) mass is 211 g/mol. The molecular formula is C10H13NO4. The number of hydrogen-bond donors (Lipinski definition) is 1. The predicted molar refractivity (Wildman–Crippen MR) is 50.6 cm³/mol. The second kappa shape index (κ2) is 2.61. The summed E-state index contributed by atoms with van der Waals surface area (Å²) in [4.78, 5) is 10.9. The van der Waals surface area contributed by atoms with Crippen molar-refractivity contribution in [2.75, 3.05) is 0 Å². The normalized spacial score (nSPS) is 21.3. The molecule has 1 N–H and O–H groups in total. The highest BCUT2D eigenvalue weighted by atomic mass is 16.6. The number of carboxylic acid groups (broad SMARTS) is 1. The first kappa shape index (κ1) is 10.2. The molecule has 0 bridgehead atoms. The molecule has 1 aromatic heterocycles. The average molecular weight is 211 g/mol. The van der Waals surface area contributed by atoms with E-state index < -0.39 is 17.2 Å². The van der Waals surface area contributed by atoms with E-state index in [9.17, 15) is 4.79 Å². The number of fused-ring (bicyclic) bond motifs is 1.